The molecule has 0 fully saturated rings. The van der Waals surface area contributed by atoms with Gasteiger partial charge in [0.05, 0.1) is 35.5 Å². The molecule has 0 unspecified atom stereocenters. The van der Waals surface area contributed by atoms with Crippen LogP contribution in [0.5, 0.6) is 5.75 Å². The topological polar surface area (TPSA) is 50.8 Å². The number of rotatable bonds is 6. The molecule has 4 nitrogen and oxygen atoms in total. The highest BCUT2D eigenvalue weighted by Gasteiger charge is 2.08. The minimum absolute atomic E-state index is 0.453. The van der Waals surface area contributed by atoms with Crippen molar-refractivity contribution in [2.75, 3.05) is 0 Å². The van der Waals surface area contributed by atoms with Crippen molar-refractivity contribution >= 4 is 27.9 Å². The van der Waals surface area contributed by atoms with Gasteiger partial charge in [0.25, 0.3) is 0 Å². The number of imidazole rings is 1. The summed E-state index contributed by atoms with van der Waals surface area (Å²) >= 11 is 0. The largest absolute Gasteiger partial charge is 0.488 e. The van der Waals surface area contributed by atoms with Gasteiger partial charge in [-0.15, -0.1) is 0 Å². The summed E-state index contributed by atoms with van der Waals surface area (Å²) in [6.07, 6.45) is 3.67. The summed E-state index contributed by atoms with van der Waals surface area (Å²) in [6, 6.07) is 32.6. The highest BCUT2D eigenvalue weighted by molar-refractivity contribution is 5.85. The molecule has 0 aliphatic heterocycles. The van der Waals surface area contributed by atoms with E-state index in [9.17, 15) is 5.26 Å². The predicted octanol–water partition coefficient (Wildman–Crippen LogP) is 6.38. The number of nitrogens with zero attached hydrogens (tertiary/aromatic N) is 3. The number of fused-ring (bicyclic) bond motifs is 2. The lowest BCUT2D eigenvalue weighted by Gasteiger charge is -2.12. The zero-order valence-corrected chi connectivity index (χ0v) is 17.5. The van der Waals surface area contributed by atoms with Crippen molar-refractivity contribution in [3.05, 3.63) is 114 Å². The third-order valence-corrected chi connectivity index (χ3v) is 5.52. The van der Waals surface area contributed by atoms with E-state index in [-0.39, 0.29) is 0 Å². The third kappa shape index (κ3) is 3.97. The number of hydrogen-bond acceptors (Lipinski definition) is 3. The first-order valence-electron chi connectivity index (χ1n) is 10.5. The average molecular weight is 415 g/mol. The molecule has 0 atom stereocenters. The molecule has 5 aromatic rings. The highest BCUT2D eigenvalue weighted by Crippen LogP contribution is 2.25. The van der Waals surface area contributed by atoms with Gasteiger partial charge in [0.2, 0.25) is 0 Å². The van der Waals surface area contributed by atoms with Crippen LogP contribution in [0.25, 0.3) is 27.9 Å². The van der Waals surface area contributed by atoms with Gasteiger partial charge in [-0.2, -0.15) is 5.26 Å². The Morgan fingerprint density at radius 2 is 1.69 bits per heavy atom. The molecule has 0 saturated heterocycles. The van der Waals surface area contributed by atoms with Gasteiger partial charge >= 0.3 is 0 Å². The summed E-state index contributed by atoms with van der Waals surface area (Å²) in [6.45, 7) is 0.912. The van der Waals surface area contributed by atoms with Gasteiger partial charge in [-0.05, 0) is 40.6 Å². The lowest BCUT2D eigenvalue weighted by molar-refractivity contribution is 0.307. The van der Waals surface area contributed by atoms with Crippen LogP contribution in [-0.4, -0.2) is 9.55 Å². The smallest absolute Gasteiger partial charge is 0.127 e. The van der Waals surface area contributed by atoms with Gasteiger partial charge < -0.3 is 9.30 Å². The standard InChI is InChI=1S/C28H21N3O/c29-17-21(18-31-20-30-26-13-4-5-14-27(26)31)16-23-9-2-6-15-28(23)32-19-24-11-7-10-22-8-1-3-12-25(22)24/h1-16,20H,18-19H2/b21-16-. The molecule has 0 saturated carbocycles. The normalized spacial score (nSPS) is 11.5. The zero-order chi connectivity index (χ0) is 21.8. The second-order valence-corrected chi connectivity index (χ2v) is 7.61. The van der Waals surface area contributed by atoms with Gasteiger partial charge in [0, 0.05) is 5.56 Å². The van der Waals surface area contributed by atoms with Gasteiger partial charge in [-0.25, -0.2) is 4.98 Å². The Kier molecular flexibility index (Phi) is 5.38. The van der Waals surface area contributed by atoms with Gasteiger partial charge in [0.15, 0.2) is 0 Å². The SMILES string of the molecule is N#C/C(=C/c1ccccc1OCc1cccc2ccccc12)Cn1cnc2ccccc21. The van der Waals surface area contributed by atoms with Crippen molar-refractivity contribution in [1.29, 1.82) is 5.26 Å². The molecule has 1 heterocycles. The van der Waals surface area contributed by atoms with Gasteiger partial charge in [-0.1, -0.05) is 72.8 Å². The molecule has 5 rings (SSSR count). The molecule has 0 aliphatic rings. The Hall–Kier alpha value is -4.36. The summed E-state index contributed by atoms with van der Waals surface area (Å²) in [5, 5.41) is 12.2. The zero-order valence-electron chi connectivity index (χ0n) is 17.5. The van der Waals surface area contributed by atoms with Crippen LogP contribution < -0.4 is 4.74 Å². The van der Waals surface area contributed by atoms with Crippen LogP contribution in [0.4, 0.5) is 0 Å². The molecule has 0 radical (unpaired) electrons. The van der Waals surface area contributed by atoms with Crippen molar-refractivity contribution in [3.63, 3.8) is 0 Å². The number of ether oxygens (including phenoxy) is 1. The third-order valence-electron chi connectivity index (χ3n) is 5.52. The Balaban J connectivity index is 1.41. The van der Waals surface area contributed by atoms with E-state index in [1.807, 2.05) is 71.3 Å². The van der Waals surface area contributed by atoms with Crippen molar-refractivity contribution in [2.45, 2.75) is 13.2 Å². The van der Waals surface area contributed by atoms with Crippen molar-refractivity contribution in [1.82, 2.24) is 9.55 Å². The Bertz CT molecular complexity index is 1470. The minimum atomic E-state index is 0.453. The Morgan fingerprint density at radius 3 is 2.62 bits per heavy atom. The molecular formula is C28H21N3O. The fraction of sp³-hybridized carbons (Fsp3) is 0.0714. The lowest BCUT2D eigenvalue weighted by atomic mass is 10.1. The second-order valence-electron chi connectivity index (χ2n) is 7.61. The summed E-state index contributed by atoms with van der Waals surface area (Å²) in [4.78, 5) is 4.42. The van der Waals surface area contributed by atoms with Crippen LogP contribution in [0.3, 0.4) is 0 Å². The van der Waals surface area contributed by atoms with Crippen LogP contribution >= 0.6 is 0 Å². The first kappa shape index (κ1) is 19.6. The number of benzene rings is 4. The molecule has 1 aromatic heterocycles. The van der Waals surface area contributed by atoms with E-state index in [0.717, 1.165) is 27.9 Å². The average Bonchev–Trinajstić information content (AvgIpc) is 3.26. The van der Waals surface area contributed by atoms with Crippen molar-refractivity contribution in [2.24, 2.45) is 0 Å². The molecule has 0 spiro atoms. The van der Waals surface area contributed by atoms with Crippen LogP contribution in [0.15, 0.2) is 103 Å². The summed E-state index contributed by atoms with van der Waals surface area (Å²) in [5.74, 6) is 0.753. The second kappa shape index (κ2) is 8.79. The molecule has 4 aromatic carbocycles. The van der Waals surface area contributed by atoms with E-state index in [1.165, 1.54) is 10.8 Å². The molecule has 32 heavy (non-hydrogen) atoms. The van der Waals surface area contributed by atoms with Crippen molar-refractivity contribution in [3.8, 4) is 11.8 Å². The number of nitriles is 1. The van der Waals surface area contributed by atoms with Crippen LogP contribution in [0.2, 0.25) is 0 Å². The van der Waals surface area contributed by atoms with Crippen LogP contribution in [0, 0.1) is 11.3 Å². The van der Waals surface area contributed by atoms with Gasteiger partial charge in [-0.3, -0.25) is 0 Å². The lowest BCUT2D eigenvalue weighted by Crippen LogP contribution is -2.00. The molecule has 4 heteroatoms. The molecular weight excluding hydrogens is 394 g/mol. The van der Waals surface area contributed by atoms with E-state index in [1.54, 1.807) is 6.33 Å². The van der Waals surface area contributed by atoms with Crippen LogP contribution in [-0.2, 0) is 13.2 Å². The number of hydrogen-bond donors (Lipinski definition) is 0. The molecule has 154 valence electrons. The summed E-state index contributed by atoms with van der Waals surface area (Å²) in [5.41, 5.74) is 4.58. The summed E-state index contributed by atoms with van der Waals surface area (Å²) in [7, 11) is 0. The first-order chi connectivity index (χ1) is 15.8. The monoisotopic (exact) mass is 415 g/mol. The predicted molar refractivity (Wildman–Crippen MR) is 128 cm³/mol. The van der Waals surface area contributed by atoms with E-state index in [4.69, 9.17) is 4.74 Å². The molecule has 0 N–H and O–H groups in total. The van der Waals surface area contributed by atoms with E-state index >= 15 is 0 Å². The number of aromatic nitrogens is 2. The van der Waals surface area contributed by atoms with E-state index in [0.29, 0.717) is 18.7 Å². The maximum absolute atomic E-state index is 9.78. The quantitative estimate of drug-likeness (QED) is 0.303. The van der Waals surface area contributed by atoms with Crippen LogP contribution in [0.1, 0.15) is 11.1 Å². The maximum Gasteiger partial charge on any atom is 0.127 e. The fourth-order valence-electron chi connectivity index (χ4n) is 3.93. The Labute approximate surface area is 186 Å². The Morgan fingerprint density at radius 1 is 0.906 bits per heavy atom. The fourth-order valence-corrected chi connectivity index (χ4v) is 3.93. The first-order valence-corrected chi connectivity index (χ1v) is 10.5. The molecule has 0 aliphatic carbocycles. The minimum Gasteiger partial charge on any atom is -0.488 e. The highest BCUT2D eigenvalue weighted by atomic mass is 16.5. The number of allylic oxidation sites excluding steroid dienone is 1. The van der Waals surface area contributed by atoms with Gasteiger partial charge in [0.1, 0.15) is 12.4 Å². The number of para-hydroxylation sites is 3. The van der Waals surface area contributed by atoms with Crippen molar-refractivity contribution < 1.29 is 4.74 Å². The summed E-state index contributed by atoms with van der Waals surface area (Å²) < 4.78 is 8.20. The molecule has 0 bridgehead atoms. The molecule has 0 amide bonds. The van der Waals surface area contributed by atoms with E-state index in [2.05, 4.69) is 41.4 Å². The van der Waals surface area contributed by atoms with E-state index < -0.39 is 0 Å². The maximum atomic E-state index is 9.78.